The number of aromatic nitrogens is 1. The van der Waals surface area contributed by atoms with Crippen molar-refractivity contribution in [2.75, 3.05) is 31.1 Å². The first-order valence-corrected chi connectivity index (χ1v) is 14.8. The van der Waals surface area contributed by atoms with Crippen molar-refractivity contribution in [3.8, 4) is 0 Å². The van der Waals surface area contributed by atoms with Crippen LogP contribution in [0.25, 0.3) is 0 Å². The minimum atomic E-state index is -1.22. The van der Waals surface area contributed by atoms with Gasteiger partial charge in [0.15, 0.2) is 5.82 Å². The molecule has 0 saturated carbocycles. The van der Waals surface area contributed by atoms with Gasteiger partial charge >= 0.3 is 5.96 Å². The van der Waals surface area contributed by atoms with E-state index in [4.69, 9.17) is 0 Å². The van der Waals surface area contributed by atoms with Crippen molar-refractivity contribution < 1.29 is 4.58 Å². The molecule has 0 spiro atoms. The van der Waals surface area contributed by atoms with Crippen LogP contribution in [0.2, 0.25) is 0 Å². The summed E-state index contributed by atoms with van der Waals surface area (Å²) in [6.07, 6.45) is 3.09. The fraction of sp³-hybridized carbons (Fsp3) is 0.167. The van der Waals surface area contributed by atoms with Crippen LogP contribution in [0.15, 0.2) is 146 Å². The number of pyridine rings is 1. The normalized spacial score (nSPS) is 14.8. The topological polar surface area (TPSA) is 31.2 Å². The minimum Gasteiger partial charge on any atom is -0.277 e. The van der Waals surface area contributed by atoms with E-state index in [-0.39, 0.29) is 0 Å². The third-order valence-electron chi connectivity index (χ3n) is 8.38. The molecule has 4 nitrogen and oxygen atoms in total. The number of anilines is 1. The van der Waals surface area contributed by atoms with Crippen LogP contribution in [-0.4, -0.2) is 47.8 Å². The highest BCUT2D eigenvalue weighted by atomic mass is 15.4. The number of guanidine groups is 1. The number of benzene rings is 4. The van der Waals surface area contributed by atoms with E-state index in [1.807, 2.05) is 18.3 Å². The van der Waals surface area contributed by atoms with Gasteiger partial charge in [0.25, 0.3) is 0 Å². The largest absolute Gasteiger partial charge is 0.354 e. The van der Waals surface area contributed by atoms with E-state index < -0.39 is 6.15 Å². The van der Waals surface area contributed by atoms with Gasteiger partial charge in [-0.1, -0.05) is 127 Å². The molecule has 41 heavy (non-hydrogen) atoms. The molecule has 3 heterocycles. The van der Waals surface area contributed by atoms with E-state index in [1.165, 1.54) is 53.7 Å². The molecule has 0 fully saturated rings. The quantitative estimate of drug-likeness (QED) is 0.275. The summed E-state index contributed by atoms with van der Waals surface area (Å²) in [5.74, 6) is 2.30. The van der Waals surface area contributed by atoms with Crippen LogP contribution in [0.4, 0.5) is 5.82 Å². The average molecular weight is 537 g/mol. The van der Waals surface area contributed by atoms with E-state index in [0.29, 0.717) is 0 Å². The van der Waals surface area contributed by atoms with Crippen LogP contribution in [0.3, 0.4) is 0 Å². The minimum absolute atomic E-state index is 1.05. The molecule has 1 N–H and O–H groups in total. The Balaban J connectivity index is 0.000000162. The van der Waals surface area contributed by atoms with Crippen molar-refractivity contribution >= 4 is 39.8 Å². The van der Waals surface area contributed by atoms with Crippen LogP contribution in [0.5, 0.6) is 0 Å². The molecule has 7 rings (SSSR count). The molecule has 5 aromatic rings. The zero-order valence-electron chi connectivity index (χ0n) is 23.5. The fourth-order valence-electron chi connectivity index (χ4n) is 6.56. The van der Waals surface area contributed by atoms with Gasteiger partial charge in [0.05, 0.1) is 26.2 Å². The van der Waals surface area contributed by atoms with E-state index in [1.54, 1.807) is 0 Å². The summed E-state index contributed by atoms with van der Waals surface area (Å²) >= 11 is 0. The Labute approximate surface area is 244 Å². The van der Waals surface area contributed by atoms with Crippen LogP contribution in [0, 0.1) is 0 Å². The highest BCUT2D eigenvalue weighted by Gasteiger charge is 2.32. The van der Waals surface area contributed by atoms with Crippen molar-refractivity contribution in [3.05, 3.63) is 146 Å². The number of hydrogen-bond donors (Lipinski definition) is 1. The third-order valence-corrected chi connectivity index (χ3v) is 8.38. The Morgan fingerprint density at radius 2 is 1.02 bits per heavy atom. The van der Waals surface area contributed by atoms with Crippen molar-refractivity contribution in [1.29, 1.82) is 0 Å². The summed E-state index contributed by atoms with van der Waals surface area (Å²) < 4.78 is 2.43. The van der Waals surface area contributed by atoms with Gasteiger partial charge in [0.1, 0.15) is 6.15 Å². The molecular formula is C36H37BN4. The van der Waals surface area contributed by atoms with Crippen molar-refractivity contribution in [2.45, 2.75) is 12.8 Å². The summed E-state index contributed by atoms with van der Waals surface area (Å²) in [5, 5.41) is 3.50. The smallest absolute Gasteiger partial charge is 0.277 e. The Morgan fingerprint density at radius 1 is 0.561 bits per heavy atom. The number of hydrogen-bond acceptors (Lipinski definition) is 3. The second-order valence-electron chi connectivity index (χ2n) is 10.8. The molecule has 0 saturated heterocycles. The first kappa shape index (κ1) is 26.6. The summed E-state index contributed by atoms with van der Waals surface area (Å²) in [5.41, 5.74) is 5.36. The molecule has 5 heteroatoms. The molecular weight excluding hydrogens is 499 g/mol. The zero-order valence-corrected chi connectivity index (χ0v) is 23.5. The van der Waals surface area contributed by atoms with Gasteiger partial charge in [-0.25, -0.2) is 9.88 Å². The lowest BCUT2D eigenvalue weighted by atomic mass is 9.13. The maximum absolute atomic E-state index is 4.43. The van der Waals surface area contributed by atoms with Gasteiger partial charge in [-0.05, 0) is 12.1 Å². The van der Waals surface area contributed by atoms with E-state index >= 15 is 0 Å². The Hall–Kier alpha value is -4.64. The second kappa shape index (κ2) is 12.7. The standard InChI is InChI=1S/C24H20B.C12H16N4/c1-5-13-21(14-6-1)25(22-15-7-2-8-16-22,23-17-9-3-10-18-23)24-19-11-4-12-20-24;1-2-6-13-11(5-1)16-10-4-9-15-8-3-7-14-12(15)16/h1-20H;1-2,5-6H,3-4,7-10H2/q-1;/p+1. The highest BCUT2D eigenvalue weighted by molar-refractivity contribution is 7.19. The summed E-state index contributed by atoms with van der Waals surface area (Å²) in [4.78, 5) is 6.73. The fourth-order valence-corrected chi connectivity index (χ4v) is 6.56. The summed E-state index contributed by atoms with van der Waals surface area (Å²) in [6.45, 7) is 4.49. The SMILES string of the molecule is c1ccc(N2CCC[N+]3=C2NCCC3)nc1.c1ccc([B-](c2ccccc2)(c2ccccc2)c2ccccc2)cc1. The molecule has 4 aromatic carbocycles. The van der Waals surface area contributed by atoms with Crippen LogP contribution in [0.1, 0.15) is 12.8 Å². The molecule has 0 amide bonds. The van der Waals surface area contributed by atoms with E-state index in [0.717, 1.165) is 18.9 Å². The monoisotopic (exact) mass is 536 g/mol. The molecule has 0 bridgehead atoms. The molecule has 0 atom stereocenters. The number of nitrogens with zero attached hydrogens (tertiary/aromatic N) is 3. The Kier molecular flexibility index (Phi) is 8.23. The molecule has 0 unspecified atom stereocenters. The first-order chi connectivity index (χ1) is 20.4. The summed E-state index contributed by atoms with van der Waals surface area (Å²) in [7, 11) is 0. The van der Waals surface area contributed by atoms with Gasteiger partial charge in [0.2, 0.25) is 0 Å². The molecule has 204 valence electrons. The van der Waals surface area contributed by atoms with Gasteiger partial charge in [-0.15, -0.1) is 0 Å². The van der Waals surface area contributed by atoms with Crippen molar-refractivity contribution in [1.82, 2.24) is 10.3 Å². The van der Waals surface area contributed by atoms with E-state index in [9.17, 15) is 0 Å². The zero-order chi connectivity index (χ0) is 27.7. The molecule has 0 radical (unpaired) electrons. The van der Waals surface area contributed by atoms with Crippen LogP contribution >= 0.6 is 0 Å². The number of rotatable bonds is 5. The lowest BCUT2D eigenvalue weighted by molar-refractivity contribution is -0.538. The maximum Gasteiger partial charge on any atom is 0.354 e. The Morgan fingerprint density at radius 3 is 1.49 bits per heavy atom. The third kappa shape index (κ3) is 5.53. The lowest BCUT2D eigenvalue weighted by Gasteiger charge is -2.44. The van der Waals surface area contributed by atoms with Gasteiger partial charge in [-0.2, -0.15) is 21.9 Å². The van der Waals surface area contributed by atoms with Crippen molar-refractivity contribution in [3.63, 3.8) is 0 Å². The summed E-state index contributed by atoms with van der Waals surface area (Å²) in [6, 6.07) is 49.6. The highest BCUT2D eigenvalue weighted by Crippen LogP contribution is 2.14. The van der Waals surface area contributed by atoms with Crippen molar-refractivity contribution in [2.24, 2.45) is 0 Å². The predicted molar refractivity (Wildman–Crippen MR) is 174 cm³/mol. The molecule has 2 aliphatic rings. The van der Waals surface area contributed by atoms with Gasteiger partial charge in [-0.3, -0.25) is 9.89 Å². The van der Waals surface area contributed by atoms with Gasteiger partial charge < -0.3 is 0 Å². The second-order valence-corrected chi connectivity index (χ2v) is 10.8. The molecule has 1 aromatic heterocycles. The maximum atomic E-state index is 4.43. The van der Waals surface area contributed by atoms with Crippen LogP contribution < -0.4 is 32.1 Å². The average Bonchev–Trinajstić information content (AvgIpc) is 3.08. The molecule has 0 aliphatic carbocycles. The van der Waals surface area contributed by atoms with E-state index in [2.05, 4.69) is 147 Å². The Bertz CT molecular complexity index is 1380. The predicted octanol–water partition coefficient (Wildman–Crippen LogP) is 3.72. The first-order valence-electron chi connectivity index (χ1n) is 14.8. The van der Waals surface area contributed by atoms with Crippen LogP contribution in [-0.2, 0) is 0 Å². The number of nitrogens with one attached hydrogen (secondary N) is 1. The lowest BCUT2D eigenvalue weighted by Crippen LogP contribution is -2.74. The molecule has 2 aliphatic heterocycles. The van der Waals surface area contributed by atoms with Gasteiger partial charge in [0, 0.05) is 19.0 Å².